The summed E-state index contributed by atoms with van der Waals surface area (Å²) in [5, 5.41) is 0. The van der Waals surface area contributed by atoms with Crippen LogP contribution in [0.3, 0.4) is 0 Å². The molecule has 1 heteroatoms. The molecule has 0 atom stereocenters. The summed E-state index contributed by atoms with van der Waals surface area (Å²) in [6.45, 7) is 0. The van der Waals surface area contributed by atoms with E-state index in [1.54, 1.807) is 6.08 Å². The number of aldehydes is 1. The van der Waals surface area contributed by atoms with Gasteiger partial charge in [-0.1, -0.05) is 18.4 Å². The van der Waals surface area contributed by atoms with Crippen molar-refractivity contribution in [3.8, 4) is 0 Å². The van der Waals surface area contributed by atoms with E-state index in [0.717, 1.165) is 19.1 Å². The summed E-state index contributed by atoms with van der Waals surface area (Å²) < 4.78 is 0. The van der Waals surface area contributed by atoms with Crippen molar-refractivity contribution in [1.82, 2.24) is 0 Å². The van der Waals surface area contributed by atoms with Gasteiger partial charge in [-0.3, -0.25) is 4.79 Å². The van der Waals surface area contributed by atoms with Crippen molar-refractivity contribution >= 4 is 6.29 Å². The Balaban J connectivity index is 2.42. The quantitative estimate of drug-likeness (QED) is 0.309. The molecule has 0 unspecified atom stereocenters. The Hall–Kier alpha value is -0.590. The molecular weight excluding hydrogens is 124 g/mol. The van der Waals surface area contributed by atoms with E-state index in [1.807, 2.05) is 0 Å². The zero-order valence-corrected chi connectivity index (χ0v) is 6.31. The van der Waals surface area contributed by atoms with E-state index in [4.69, 9.17) is 0 Å². The first kappa shape index (κ1) is 7.52. The van der Waals surface area contributed by atoms with Crippen LogP contribution in [0.2, 0.25) is 0 Å². The zero-order chi connectivity index (χ0) is 7.23. The van der Waals surface area contributed by atoms with Crippen molar-refractivity contribution in [2.45, 2.75) is 38.5 Å². The van der Waals surface area contributed by atoms with Crippen molar-refractivity contribution in [2.75, 3.05) is 0 Å². The smallest absolute Gasteiger partial charge is 0.142 e. The average Bonchev–Trinajstić information content (AvgIpc) is 2.17. The first-order valence-electron chi connectivity index (χ1n) is 4.06. The number of allylic oxidation sites excluding steroid dienone is 2. The molecule has 0 radical (unpaired) electrons. The molecular formula is C9H14O. The van der Waals surface area contributed by atoms with Crippen LogP contribution in [0.25, 0.3) is 0 Å². The van der Waals surface area contributed by atoms with Crippen LogP contribution in [0, 0.1) is 0 Å². The third-order valence-electron chi connectivity index (χ3n) is 2.05. The Kier molecular flexibility index (Phi) is 3.20. The summed E-state index contributed by atoms with van der Waals surface area (Å²) in [5.41, 5.74) is 1.35. The van der Waals surface area contributed by atoms with E-state index < -0.39 is 0 Å². The molecule has 0 amide bonds. The highest BCUT2D eigenvalue weighted by Gasteiger charge is 2.02. The van der Waals surface area contributed by atoms with Crippen LogP contribution >= 0.6 is 0 Å². The Morgan fingerprint density at radius 2 is 1.60 bits per heavy atom. The second-order valence-electron chi connectivity index (χ2n) is 2.88. The molecule has 1 aliphatic rings. The number of rotatable bonds is 1. The van der Waals surface area contributed by atoms with Gasteiger partial charge in [0.15, 0.2) is 0 Å². The number of carbonyl (C=O) groups excluding carboxylic acids is 1. The summed E-state index contributed by atoms with van der Waals surface area (Å²) in [6.07, 6.45) is 10.2. The Labute approximate surface area is 62.1 Å². The fraction of sp³-hybridized carbons (Fsp3) is 0.667. The second-order valence-corrected chi connectivity index (χ2v) is 2.88. The van der Waals surface area contributed by atoms with Gasteiger partial charge >= 0.3 is 0 Å². The standard InChI is InChI=1S/C9H14O/c10-8-7-9-5-3-1-2-4-6-9/h7-8H,1-6H2. The molecule has 10 heavy (non-hydrogen) atoms. The monoisotopic (exact) mass is 138 g/mol. The van der Waals surface area contributed by atoms with Crippen LogP contribution in [-0.4, -0.2) is 6.29 Å². The van der Waals surface area contributed by atoms with Crippen LogP contribution in [-0.2, 0) is 4.79 Å². The van der Waals surface area contributed by atoms with E-state index in [1.165, 1.54) is 31.3 Å². The lowest BCUT2D eigenvalue weighted by atomic mass is 10.1. The highest BCUT2D eigenvalue weighted by molar-refractivity contribution is 5.66. The first-order valence-corrected chi connectivity index (χ1v) is 4.06. The zero-order valence-electron chi connectivity index (χ0n) is 6.31. The third-order valence-corrected chi connectivity index (χ3v) is 2.05. The molecule has 56 valence electrons. The predicted molar refractivity (Wildman–Crippen MR) is 41.8 cm³/mol. The van der Waals surface area contributed by atoms with E-state index >= 15 is 0 Å². The Morgan fingerprint density at radius 1 is 1.00 bits per heavy atom. The summed E-state index contributed by atoms with van der Waals surface area (Å²) >= 11 is 0. The number of hydrogen-bond donors (Lipinski definition) is 0. The Morgan fingerprint density at radius 3 is 2.10 bits per heavy atom. The minimum atomic E-state index is 0.917. The normalized spacial score (nSPS) is 19.8. The predicted octanol–water partition coefficient (Wildman–Crippen LogP) is 2.47. The van der Waals surface area contributed by atoms with Gasteiger partial charge in [0.1, 0.15) is 6.29 Å². The minimum Gasteiger partial charge on any atom is -0.299 e. The molecule has 0 saturated heterocycles. The van der Waals surface area contributed by atoms with E-state index in [9.17, 15) is 4.79 Å². The van der Waals surface area contributed by atoms with Crippen molar-refractivity contribution in [3.63, 3.8) is 0 Å². The molecule has 1 fully saturated rings. The molecule has 0 aliphatic heterocycles. The van der Waals surface area contributed by atoms with Crippen molar-refractivity contribution in [1.29, 1.82) is 0 Å². The van der Waals surface area contributed by atoms with Gasteiger partial charge in [-0.25, -0.2) is 0 Å². The second kappa shape index (κ2) is 4.26. The highest BCUT2D eigenvalue weighted by atomic mass is 16.1. The molecule has 0 aromatic carbocycles. The van der Waals surface area contributed by atoms with Gasteiger partial charge in [0.05, 0.1) is 0 Å². The molecule has 1 rings (SSSR count). The topological polar surface area (TPSA) is 17.1 Å². The largest absolute Gasteiger partial charge is 0.299 e. The fourth-order valence-corrected chi connectivity index (χ4v) is 1.45. The van der Waals surface area contributed by atoms with Crippen LogP contribution in [0.15, 0.2) is 11.6 Å². The molecule has 0 heterocycles. The SMILES string of the molecule is O=CC=C1CCCCCC1. The van der Waals surface area contributed by atoms with E-state index in [-0.39, 0.29) is 0 Å². The van der Waals surface area contributed by atoms with Gasteiger partial charge in [-0.15, -0.1) is 0 Å². The van der Waals surface area contributed by atoms with Gasteiger partial charge < -0.3 is 0 Å². The maximum absolute atomic E-state index is 10.1. The fourth-order valence-electron chi connectivity index (χ4n) is 1.45. The van der Waals surface area contributed by atoms with Crippen molar-refractivity contribution < 1.29 is 4.79 Å². The van der Waals surface area contributed by atoms with Crippen LogP contribution in [0.5, 0.6) is 0 Å². The molecule has 0 spiro atoms. The lowest BCUT2D eigenvalue weighted by Crippen LogP contribution is -1.80. The van der Waals surface area contributed by atoms with Gasteiger partial charge in [-0.05, 0) is 31.8 Å². The summed E-state index contributed by atoms with van der Waals surface area (Å²) in [4.78, 5) is 10.1. The first-order chi connectivity index (χ1) is 4.93. The van der Waals surface area contributed by atoms with Crippen molar-refractivity contribution in [3.05, 3.63) is 11.6 Å². The van der Waals surface area contributed by atoms with Gasteiger partial charge in [0, 0.05) is 0 Å². The third kappa shape index (κ3) is 2.34. The molecule has 0 aromatic rings. The van der Waals surface area contributed by atoms with Gasteiger partial charge in [0.2, 0.25) is 0 Å². The van der Waals surface area contributed by atoms with Crippen LogP contribution in [0.4, 0.5) is 0 Å². The lowest BCUT2D eigenvalue weighted by Gasteiger charge is -1.97. The van der Waals surface area contributed by atoms with E-state index in [0.29, 0.717) is 0 Å². The van der Waals surface area contributed by atoms with E-state index in [2.05, 4.69) is 0 Å². The number of carbonyl (C=O) groups is 1. The highest BCUT2D eigenvalue weighted by Crippen LogP contribution is 2.21. The molecule has 1 aliphatic carbocycles. The van der Waals surface area contributed by atoms with Crippen LogP contribution in [0.1, 0.15) is 38.5 Å². The molecule has 0 bridgehead atoms. The molecule has 0 aromatic heterocycles. The maximum Gasteiger partial charge on any atom is 0.142 e. The lowest BCUT2D eigenvalue weighted by molar-refractivity contribution is -0.104. The van der Waals surface area contributed by atoms with Crippen LogP contribution < -0.4 is 0 Å². The van der Waals surface area contributed by atoms with Gasteiger partial charge in [-0.2, -0.15) is 0 Å². The molecule has 1 nitrogen and oxygen atoms in total. The van der Waals surface area contributed by atoms with Gasteiger partial charge in [0.25, 0.3) is 0 Å². The Bertz CT molecular complexity index is 126. The average molecular weight is 138 g/mol. The summed E-state index contributed by atoms with van der Waals surface area (Å²) in [5.74, 6) is 0. The number of hydrogen-bond acceptors (Lipinski definition) is 1. The summed E-state index contributed by atoms with van der Waals surface area (Å²) in [6, 6.07) is 0. The summed E-state index contributed by atoms with van der Waals surface area (Å²) in [7, 11) is 0. The molecule has 1 saturated carbocycles. The maximum atomic E-state index is 10.1. The van der Waals surface area contributed by atoms with Crippen molar-refractivity contribution in [2.24, 2.45) is 0 Å². The minimum absolute atomic E-state index is 0.917. The molecule has 0 N–H and O–H groups in total.